The SMILES string of the molecule is Clc1cccc(CCNCc2ncc(-c3cccs3)s2)c1. The van der Waals surface area contributed by atoms with Crippen LogP contribution in [0.15, 0.2) is 48.0 Å². The first-order valence-electron chi connectivity index (χ1n) is 6.75. The number of rotatable bonds is 6. The molecule has 2 nitrogen and oxygen atoms in total. The highest BCUT2D eigenvalue weighted by Gasteiger charge is 2.04. The minimum atomic E-state index is 0.799. The van der Waals surface area contributed by atoms with Crippen LogP contribution in [0.3, 0.4) is 0 Å². The quantitative estimate of drug-likeness (QED) is 0.651. The molecule has 1 N–H and O–H groups in total. The van der Waals surface area contributed by atoms with Gasteiger partial charge < -0.3 is 5.32 Å². The highest BCUT2D eigenvalue weighted by molar-refractivity contribution is 7.21. The molecular weight excluding hydrogens is 320 g/mol. The molecule has 0 spiro atoms. The molecule has 0 radical (unpaired) electrons. The summed E-state index contributed by atoms with van der Waals surface area (Å²) in [4.78, 5) is 7.01. The summed E-state index contributed by atoms with van der Waals surface area (Å²) >= 11 is 9.49. The predicted octanol–water partition coefficient (Wildman–Crippen LogP) is 4.86. The second-order valence-corrected chi connectivity index (χ2v) is 7.15. The summed E-state index contributed by atoms with van der Waals surface area (Å²) in [5.41, 5.74) is 1.26. The zero-order valence-electron chi connectivity index (χ0n) is 11.4. The molecule has 0 aliphatic carbocycles. The molecule has 108 valence electrons. The third-order valence-corrected chi connectivity index (χ3v) is 5.37. The summed E-state index contributed by atoms with van der Waals surface area (Å²) in [5.74, 6) is 0. The van der Waals surface area contributed by atoms with Gasteiger partial charge in [-0.25, -0.2) is 4.98 Å². The molecule has 0 saturated carbocycles. The molecule has 2 heterocycles. The van der Waals surface area contributed by atoms with E-state index in [4.69, 9.17) is 11.6 Å². The lowest BCUT2D eigenvalue weighted by atomic mass is 10.1. The minimum absolute atomic E-state index is 0.799. The van der Waals surface area contributed by atoms with Crippen molar-refractivity contribution >= 4 is 34.3 Å². The van der Waals surface area contributed by atoms with Gasteiger partial charge in [-0.1, -0.05) is 29.8 Å². The molecule has 3 aromatic rings. The number of thiazole rings is 1. The van der Waals surface area contributed by atoms with Crippen LogP contribution in [-0.2, 0) is 13.0 Å². The summed E-state index contributed by atoms with van der Waals surface area (Å²) in [6.07, 6.45) is 2.94. The van der Waals surface area contributed by atoms with Gasteiger partial charge in [-0.2, -0.15) is 0 Å². The Labute approximate surface area is 137 Å². The molecule has 0 bridgehead atoms. The summed E-state index contributed by atoms with van der Waals surface area (Å²) in [7, 11) is 0. The smallest absolute Gasteiger partial charge is 0.107 e. The number of hydrogen-bond donors (Lipinski definition) is 1. The van der Waals surface area contributed by atoms with Gasteiger partial charge in [0.25, 0.3) is 0 Å². The first kappa shape index (κ1) is 14.7. The van der Waals surface area contributed by atoms with Crippen LogP contribution >= 0.6 is 34.3 Å². The highest BCUT2D eigenvalue weighted by atomic mass is 35.5. The first-order chi connectivity index (χ1) is 10.3. The van der Waals surface area contributed by atoms with Crippen molar-refractivity contribution in [2.45, 2.75) is 13.0 Å². The fourth-order valence-electron chi connectivity index (χ4n) is 2.05. The monoisotopic (exact) mass is 334 g/mol. The molecule has 0 atom stereocenters. The Morgan fingerprint density at radius 3 is 2.90 bits per heavy atom. The normalized spacial score (nSPS) is 10.9. The molecule has 0 saturated heterocycles. The fourth-order valence-corrected chi connectivity index (χ4v) is 3.96. The molecule has 0 amide bonds. The molecule has 0 aliphatic heterocycles. The second kappa shape index (κ2) is 7.18. The number of nitrogens with zero attached hydrogens (tertiary/aromatic N) is 1. The van der Waals surface area contributed by atoms with E-state index in [0.29, 0.717) is 0 Å². The van der Waals surface area contributed by atoms with Crippen molar-refractivity contribution in [3.8, 4) is 9.75 Å². The van der Waals surface area contributed by atoms with E-state index >= 15 is 0 Å². The van der Waals surface area contributed by atoms with Gasteiger partial charge in [0.15, 0.2) is 0 Å². The van der Waals surface area contributed by atoms with Gasteiger partial charge in [0, 0.05) is 22.6 Å². The second-order valence-electron chi connectivity index (χ2n) is 4.65. The van der Waals surface area contributed by atoms with Crippen molar-refractivity contribution in [3.05, 3.63) is 63.6 Å². The van der Waals surface area contributed by atoms with Gasteiger partial charge in [-0.15, -0.1) is 22.7 Å². The number of aromatic nitrogens is 1. The number of halogens is 1. The number of nitrogens with one attached hydrogen (secondary N) is 1. The number of hydrogen-bond acceptors (Lipinski definition) is 4. The van der Waals surface area contributed by atoms with Crippen molar-refractivity contribution in [2.75, 3.05) is 6.54 Å². The molecule has 2 aromatic heterocycles. The van der Waals surface area contributed by atoms with Gasteiger partial charge in [-0.05, 0) is 42.1 Å². The molecule has 0 aliphatic rings. The molecule has 3 rings (SSSR count). The first-order valence-corrected chi connectivity index (χ1v) is 8.82. The largest absolute Gasteiger partial charge is 0.310 e. The number of thiophene rings is 1. The standard InChI is InChI=1S/C16H15ClN2S2/c17-13-4-1-3-12(9-13)6-7-18-11-16-19-10-15(21-16)14-5-2-8-20-14/h1-5,8-10,18H,6-7,11H2. The van der Waals surface area contributed by atoms with Gasteiger partial charge in [0.1, 0.15) is 5.01 Å². The number of benzene rings is 1. The van der Waals surface area contributed by atoms with E-state index in [1.54, 1.807) is 22.7 Å². The zero-order valence-corrected chi connectivity index (χ0v) is 13.8. The maximum absolute atomic E-state index is 5.98. The van der Waals surface area contributed by atoms with E-state index in [2.05, 4.69) is 33.9 Å². The van der Waals surface area contributed by atoms with Crippen molar-refractivity contribution in [1.29, 1.82) is 0 Å². The lowest BCUT2D eigenvalue weighted by molar-refractivity contribution is 0.684. The van der Waals surface area contributed by atoms with Crippen LogP contribution in [0, 0.1) is 0 Å². The van der Waals surface area contributed by atoms with Gasteiger partial charge >= 0.3 is 0 Å². The fraction of sp³-hybridized carbons (Fsp3) is 0.188. The minimum Gasteiger partial charge on any atom is -0.310 e. The van der Waals surface area contributed by atoms with Crippen molar-refractivity contribution < 1.29 is 0 Å². The van der Waals surface area contributed by atoms with Crippen molar-refractivity contribution in [2.24, 2.45) is 0 Å². The Balaban J connectivity index is 1.48. The average Bonchev–Trinajstić information content (AvgIpc) is 3.14. The van der Waals surface area contributed by atoms with Crippen LogP contribution in [0.25, 0.3) is 9.75 Å². The zero-order chi connectivity index (χ0) is 14.5. The molecular formula is C16H15ClN2S2. The summed E-state index contributed by atoms with van der Waals surface area (Å²) in [6.45, 7) is 1.74. The third kappa shape index (κ3) is 4.14. The lowest BCUT2D eigenvalue weighted by Gasteiger charge is -2.03. The average molecular weight is 335 g/mol. The molecule has 1 aromatic carbocycles. The van der Waals surface area contributed by atoms with Crippen molar-refractivity contribution in [3.63, 3.8) is 0 Å². The van der Waals surface area contributed by atoms with E-state index in [1.807, 2.05) is 24.4 Å². The maximum Gasteiger partial charge on any atom is 0.107 e. The van der Waals surface area contributed by atoms with Crippen molar-refractivity contribution in [1.82, 2.24) is 10.3 Å². The lowest BCUT2D eigenvalue weighted by Crippen LogP contribution is -2.16. The molecule has 0 fully saturated rings. The third-order valence-electron chi connectivity index (χ3n) is 3.07. The highest BCUT2D eigenvalue weighted by Crippen LogP contribution is 2.29. The summed E-state index contributed by atoms with van der Waals surface area (Å²) in [5, 5.41) is 7.46. The van der Waals surface area contributed by atoms with E-state index < -0.39 is 0 Å². The van der Waals surface area contributed by atoms with Crippen LogP contribution in [0.4, 0.5) is 0 Å². The Bertz CT molecular complexity index is 692. The van der Waals surface area contributed by atoms with Gasteiger partial charge in [-0.3, -0.25) is 0 Å². The topological polar surface area (TPSA) is 24.9 Å². The summed E-state index contributed by atoms with van der Waals surface area (Å²) in [6, 6.07) is 12.2. The summed E-state index contributed by atoms with van der Waals surface area (Å²) < 4.78 is 0. The van der Waals surface area contributed by atoms with Crippen LogP contribution in [0.2, 0.25) is 5.02 Å². The van der Waals surface area contributed by atoms with Crippen LogP contribution in [-0.4, -0.2) is 11.5 Å². The predicted molar refractivity (Wildman–Crippen MR) is 92.3 cm³/mol. The van der Waals surface area contributed by atoms with E-state index in [1.165, 1.54) is 15.3 Å². The molecule has 0 unspecified atom stereocenters. The van der Waals surface area contributed by atoms with Crippen LogP contribution in [0.1, 0.15) is 10.6 Å². The Morgan fingerprint density at radius 1 is 1.14 bits per heavy atom. The molecule has 5 heteroatoms. The van der Waals surface area contributed by atoms with Crippen LogP contribution in [0.5, 0.6) is 0 Å². The molecule has 21 heavy (non-hydrogen) atoms. The van der Waals surface area contributed by atoms with Gasteiger partial charge in [0.05, 0.1) is 4.88 Å². The Morgan fingerprint density at radius 2 is 2.10 bits per heavy atom. The van der Waals surface area contributed by atoms with Crippen LogP contribution < -0.4 is 5.32 Å². The Hall–Kier alpha value is -1.20. The maximum atomic E-state index is 5.98. The Kier molecular flexibility index (Phi) is 5.04. The van der Waals surface area contributed by atoms with E-state index in [0.717, 1.165) is 29.5 Å². The van der Waals surface area contributed by atoms with E-state index in [9.17, 15) is 0 Å². The van der Waals surface area contributed by atoms with Gasteiger partial charge in [0.2, 0.25) is 0 Å². The van der Waals surface area contributed by atoms with E-state index in [-0.39, 0.29) is 0 Å².